The second-order valence-electron chi connectivity index (χ2n) is 4.95. The molecule has 0 spiro atoms. The lowest BCUT2D eigenvalue weighted by atomic mass is 9.99. The van der Waals surface area contributed by atoms with E-state index in [1.54, 1.807) is 0 Å². The number of carbonyl (C=O) groups excluding carboxylic acids is 3. The first-order valence-electron chi connectivity index (χ1n) is 6.57. The molecule has 0 aromatic carbocycles. The van der Waals surface area contributed by atoms with Crippen molar-refractivity contribution in [1.82, 2.24) is 10.2 Å². The molecule has 0 saturated carbocycles. The Hall–Kier alpha value is -2.14. The van der Waals surface area contributed by atoms with Crippen LogP contribution in [0.25, 0.3) is 0 Å². The van der Waals surface area contributed by atoms with Gasteiger partial charge in [0.05, 0.1) is 6.10 Å². The summed E-state index contributed by atoms with van der Waals surface area (Å²) < 4.78 is 0. The number of carboxylic acid groups (broad SMARTS) is 1. The van der Waals surface area contributed by atoms with Gasteiger partial charge in [-0.3, -0.25) is 14.4 Å². The number of aliphatic carboxylic acids is 1. The third-order valence-corrected chi connectivity index (χ3v) is 4.83. The lowest BCUT2D eigenvalue weighted by molar-refractivity contribution is -0.167. The van der Waals surface area contributed by atoms with Crippen LogP contribution < -0.4 is 5.32 Å². The zero-order valence-electron chi connectivity index (χ0n) is 12.3. The lowest BCUT2D eigenvalue weighted by Gasteiger charge is -2.53. The number of fused-ring (bicyclic) bond motifs is 1. The molecule has 0 radical (unpaired) electrons. The number of carbonyl (C=O) groups is 4. The lowest BCUT2D eigenvalue weighted by Crippen LogP contribution is -2.77. The third kappa shape index (κ3) is 3.01. The number of ketones is 1. The van der Waals surface area contributed by atoms with Crippen molar-refractivity contribution in [1.29, 1.82) is 0 Å². The molecule has 2 amide bonds. The number of aliphatic hydroxyl groups excluding tert-OH is 1. The standard InChI is InChI=1S/C12H15N3O7S/c1-4(16)6(14-22-2)9(18)13-7-10(19)15-8(12(20)21)5(17)3-23-11(7)15/h5,7-8,11,17H,3H2,1-2H3,(H,13,18)(H,20,21)/t5?,7?,8?,11-/m1/s1. The molecule has 2 aliphatic heterocycles. The van der Waals surface area contributed by atoms with Crippen LogP contribution in [0, 0.1) is 0 Å². The van der Waals surface area contributed by atoms with Gasteiger partial charge < -0.3 is 25.3 Å². The quantitative estimate of drug-likeness (QED) is 0.220. The number of β-lactam (4-membered cyclic amide) rings is 1. The van der Waals surface area contributed by atoms with Gasteiger partial charge in [0, 0.05) is 12.7 Å². The van der Waals surface area contributed by atoms with Crippen LogP contribution >= 0.6 is 11.8 Å². The maximum Gasteiger partial charge on any atom is 0.329 e. The van der Waals surface area contributed by atoms with Crippen molar-refractivity contribution >= 4 is 41.0 Å². The number of amides is 2. The summed E-state index contributed by atoms with van der Waals surface area (Å²) in [6.07, 6.45) is -1.18. The van der Waals surface area contributed by atoms with Gasteiger partial charge in [0.25, 0.3) is 5.91 Å². The molecule has 10 nitrogen and oxygen atoms in total. The summed E-state index contributed by atoms with van der Waals surface area (Å²) in [7, 11) is 1.17. The second-order valence-corrected chi connectivity index (χ2v) is 6.10. The Bertz CT molecular complexity index is 593. The van der Waals surface area contributed by atoms with Gasteiger partial charge in [-0.25, -0.2) is 4.79 Å². The number of hydrogen-bond donors (Lipinski definition) is 3. The molecule has 11 heteroatoms. The maximum atomic E-state index is 12.1. The molecule has 2 rings (SSSR count). The molecule has 126 valence electrons. The number of aliphatic hydroxyl groups is 1. The highest BCUT2D eigenvalue weighted by atomic mass is 32.2. The number of carboxylic acids is 1. The van der Waals surface area contributed by atoms with Crippen LogP contribution in [0.3, 0.4) is 0 Å². The summed E-state index contributed by atoms with van der Waals surface area (Å²) in [5.74, 6) is -3.35. The van der Waals surface area contributed by atoms with Gasteiger partial charge in [0.15, 0.2) is 11.8 Å². The van der Waals surface area contributed by atoms with Crippen LogP contribution in [0.4, 0.5) is 0 Å². The molecule has 2 saturated heterocycles. The van der Waals surface area contributed by atoms with Gasteiger partial charge in [0.2, 0.25) is 11.6 Å². The van der Waals surface area contributed by atoms with Gasteiger partial charge in [-0.1, -0.05) is 5.16 Å². The van der Waals surface area contributed by atoms with Gasteiger partial charge in [-0.2, -0.15) is 0 Å². The zero-order chi connectivity index (χ0) is 17.3. The number of Topliss-reactive ketones (excluding diaryl/α,β-unsaturated/α-hetero) is 1. The number of nitrogens with one attached hydrogen (secondary N) is 1. The average molecular weight is 345 g/mol. The number of nitrogens with zero attached hydrogens (tertiary/aromatic N) is 2. The molecule has 2 aliphatic rings. The van der Waals surface area contributed by atoms with Crippen LogP contribution in [0.1, 0.15) is 6.92 Å². The molecular formula is C12H15N3O7S. The van der Waals surface area contributed by atoms with Crippen LogP contribution in [0.5, 0.6) is 0 Å². The highest BCUT2D eigenvalue weighted by Crippen LogP contribution is 2.38. The van der Waals surface area contributed by atoms with Crippen LogP contribution in [-0.4, -0.2) is 80.8 Å². The second kappa shape index (κ2) is 6.54. The first kappa shape index (κ1) is 17.2. The zero-order valence-corrected chi connectivity index (χ0v) is 13.1. The Kier molecular flexibility index (Phi) is 4.90. The van der Waals surface area contributed by atoms with Crippen molar-refractivity contribution in [3.8, 4) is 0 Å². The first-order chi connectivity index (χ1) is 10.8. The van der Waals surface area contributed by atoms with E-state index >= 15 is 0 Å². The van der Waals surface area contributed by atoms with Gasteiger partial charge in [0.1, 0.15) is 18.5 Å². The molecule has 3 unspecified atom stereocenters. The van der Waals surface area contributed by atoms with Crippen LogP contribution in [-0.2, 0) is 24.0 Å². The third-order valence-electron chi connectivity index (χ3n) is 3.45. The molecule has 4 atom stereocenters. The molecule has 0 aromatic rings. The number of oxime groups is 1. The summed E-state index contributed by atoms with van der Waals surface area (Å²) in [4.78, 5) is 52.0. The summed E-state index contributed by atoms with van der Waals surface area (Å²) >= 11 is 1.15. The van der Waals surface area contributed by atoms with Gasteiger partial charge in [-0.15, -0.1) is 11.8 Å². The normalized spacial score (nSPS) is 30.1. The largest absolute Gasteiger partial charge is 0.480 e. The molecule has 3 N–H and O–H groups in total. The van der Waals surface area contributed by atoms with Crippen molar-refractivity contribution in [2.45, 2.75) is 30.5 Å². The fourth-order valence-corrected chi connectivity index (χ4v) is 3.76. The minimum atomic E-state index is -1.35. The Labute approximate surface area is 134 Å². The van der Waals surface area contributed by atoms with Crippen LogP contribution in [0.2, 0.25) is 0 Å². The maximum absolute atomic E-state index is 12.1. The summed E-state index contributed by atoms with van der Waals surface area (Å²) in [5, 5.41) is 23.9. The van der Waals surface area contributed by atoms with E-state index < -0.39 is 52.8 Å². The van der Waals surface area contributed by atoms with E-state index in [0.29, 0.717) is 0 Å². The minimum Gasteiger partial charge on any atom is -0.480 e. The topological polar surface area (TPSA) is 146 Å². The Morgan fingerprint density at radius 3 is 2.61 bits per heavy atom. The fourth-order valence-electron chi connectivity index (χ4n) is 2.42. The van der Waals surface area contributed by atoms with E-state index in [0.717, 1.165) is 23.6 Å². The van der Waals surface area contributed by atoms with E-state index in [9.17, 15) is 24.3 Å². The number of rotatable bonds is 5. The van der Waals surface area contributed by atoms with E-state index in [1.807, 2.05) is 0 Å². The van der Waals surface area contributed by atoms with E-state index in [2.05, 4.69) is 15.3 Å². The Morgan fingerprint density at radius 1 is 1.43 bits per heavy atom. The molecule has 0 bridgehead atoms. The summed E-state index contributed by atoms with van der Waals surface area (Å²) in [5.41, 5.74) is -0.491. The molecular weight excluding hydrogens is 330 g/mol. The first-order valence-corrected chi connectivity index (χ1v) is 7.62. The van der Waals surface area contributed by atoms with Crippen LogP contribution in [0.15, 0.2) is 5.16 Å². The molecule has 0 aliphatic carbocycles. The molecule has 2 heterocycles. The summed E-state index contributed by atoms with van der Waals surface area (Å²) in [6, 6.07) is -2.33. The van der Waals surface area contributed by atoms with Crippen molar-refractivity contribution in [3.05, 3.63) is 0 Å². The molecule has 23 heavy (non-hydrogen) atoms. The number of thioether (sulfide) groups is 1. The molecule has 2 fully saturated rings. The highest BCUT2D eigenvalue weighted by Gasteiger charge is 2.57. The summed E-state index contributed by atoms with van der Waals surface area (Å²) in [6.45, 7) is 1.12. The highest BCUT2D eigenvalue weighted by molar-refractivity contribution is 8.00. The average Bonchev–Trinajstić information content (AvgIpc) is 2.48. The Balaban J connectivity index is 2.11. The van der Waals surface area contributed by atoms with Gasteiger partial charge in [-0.05, 0) is 0 Å². The van der Waals surface area contributed by atoms with Crippen molar-refractivity contribution in [3.63, 3.8) is 0 Å². The molecule has 0 aromatic heterocycles. The van der Waals surface area contributed by atoms with Gasteiger partial charge >= 0.3 is 5.97 Å². The predicted molar refractivity (Wildman–Crippen MR) is 77.6 cm³/mol. The van der Waals surface area contributed by atoms with E-state index in [1.165, 1.54) is 7.11 Å². The van der Waals surface area contributed by atoms with E-state index in [-0.39, 0.29) is 5.75 Å². The Morgan fingerprint density at radius 2 is 2.09 bits per heavy atom. The fraction of sp³-hybridized carbons (Fsp3) is 0.583. The predicted octanol–water partition coefficient (Wildman–Crippen LogP) is -2.21. The van der Waals surface area contributed by atoms with Crippen molar-refractivity contribution in [2.75, 3.05) is 12.9 Å². The minimum absolute atomic E-state index is 0.115. The smallest absolute Gasteiger partial charge is 0.329 e. The van der Waals surface area contributed by atoms with Crippen molar-refractivity contribution < 1.29 is 34.2 Å². The monoisotopic (exact) mass is 345 g/mol. The number of hydrogen-bond acceptors (Lipinski definition) is 8. The van der Waals surface area contributed by atoms with Crippen molar-refractivity contribution in [2.24, 2.45) is 5.16 Å². The SMILES string of the molecule is CON=C(C(C)=O)C(=O)NC1C(=O)N2C(C(=O)O)C(O)CS[C@H]12. The van der Waals surface area contributed by atoms with E-state index in [4.69, 9.17) is 5.11 Å².